The molecule has 0 amide bonds. The Kier molecular flexibility index (Phi) is 6.10. The molecular weight excluding hydrogens is 244 g/mol. The lowest BCUT2D eigenvalue weighted by molar-refractivity contribution is 0.574. The Hall–Kier alpha value is 0.220. The van der Waals surface area contributed by atoms with Gasteiger partial charge in [-0.2, -0.15) is 11.8 Å². The van der Waals surface area contributed by atoms with E-state index in [-0.39, 0.29) is 5.75 Å². The van der Waals surface area contributed by atoms with E-state index in [2.05, 4.69) is 10.0 Å². The maximum Gasteiger partial charge on any atom is 0.211 e. The van der Waals surface area contributed by atoms with E-state index in [4.69, 9.17) is 0 Å². The van der Waals surface area contributed by atoms with Crippen molar-refractivity contribution in [3.63, 3.8) is 0 Å². The molecule has 1 atom stereocenters. The fraction of sp³-hybridized carbons (Fsp3) is 1.00. The van der Waals surface area contributed by atoms with Gasteiger partial charge in [-0.15, -0.1) is 0 Å². The first-order valence-electron chi connectivity index (χ1n) is 5.77. The monoisotopic (exact) mass is 266 g/mol. The molecule has 0 aromatic heterocycles. The minimum atomic E-state index is -3.07. The Bertz CT molecular complexity index is 289. The third-order valence-electron chi connectivity index (χ3n) is 2.59. The molecule has 96 valence electrons. The predicted octanol–water partition coefficient (Wildman–Crippen LogP) is 0.799. The fourth-order valence-electron chi connectivity index (χ4n) is 1.26. The lowest BCUT2D eigenvalue weighted by Gasteiger charge is -2.10. The first-order valence-corrected chi connectivity index (χ1v) is 8.71. The van der Waals surface area contributed by atoms with Gasteiger partial charge in [0.2, 0.25) is 10.0 Å². The van der Waals surface area contributed by atoms with Crippen molar-refractivity contribution >= 4 is 21.8 Å². The van der Waals surface area contributed by atoms with Gasteiger partial charge in [-0.1, -0.05) is 6.92 Å². The van der Waals surface area contributed by atoms with E-state index < -0.39 is 10.0 Å². The van der Waals surface area contributed by atoms with Crippen LogP contribution in [-0.4, -0.2) is 44.8 Å². The number of rotatable bonds is 9. The molecule has 1 aliphatic rings. The normalized spacial score (nSPS) is 18.6. The van der Waals surface area contributed by atoms with E-state index in [1.165, 1.54) is 12.8 Å². The van der Waals surface area contributed by atoms with Crippen molar-refractivity contribution < 1.29 is 8.42 Å². The molecule has 0 heterocycles. The Labute approximate surface area is 103 Å². The van der Waals surface area contributed by atoms with Gasteiger partial charge < -0.3 is 5.32 Å². The summed E-state index contributed by atoms with van der Waals surface area (Å²) in [6.07, 6.45) is 5.17. The summed E-state index contributed by atoms with van der Waals surface area (Å²) >= 11 is 1.67. The van der Waals surface area contributed by atoms with Gasteiger partial charge in [0, 0.05) is 17.8 Å². The van der Waals surface area contributed by atoms with E-state index in [0.717, 1.165) is 6.54 Å². The molecule has 4 nitrogen and oxygen atoms in total. The van der Waals surface area contributed by atoms with Crippen LogP contribution in [0.1, 0.15) is 26.2 Å². The molecule has 0 spiro atoms. The van der Waals surface area contributed by atoms with Gasteiger partial charge in [0.15, 0.2) is 0 Å². The van der Waals surface area contributed by atoms with E-state index >= 15 is 0 Å². The maximum absolute atomic E-state index is 11.6. The first kappa shape index (κ1) is 14.3. The summed E-state index contributed by atoms with van der Waals surface area (Å²) in [6, 6.07) is 0.659. The van der Waals surface area contributed by atoms with E-state index in [1.54, 1.807) is 11.8 Å². The molecule has 16 heavy (non-hydrogen) atoms. The van der Waals surface area contributed by atoms with Crippen LogP contribution in [0.2, 0.25) is 0 Å². The Morgan fingerprint density at radius 1 is 1.44 bits per heavy atom. The minimum Gasteiger partial charge on any atom is -0.314 e. The predicted molar refractivity (Wildman–Crippen MR) is 70.4 cm³/mol. The summed E-state index contributed by atoms with van der Waals surface area (Å²) in [6.45, 7) is 3.35. The lowest BCUT2D eigenvalue weighted by Crippen LogP contribution is -2.32. The zero-order valence-electron chi connectivity index (χ0n) is 10.0. The molecule has 6 heteroatoms. The van der Waals surface area contributed by atoms with Crippen LogP contribution in [0.5, 0.6) is 0 Å². The molecule has 0 aromatic rings. The van der Waals surface area contributed by atoms with Gasteiger partial charge in [0.25, 0.3) is 0 Å². The maximum atomic E-state index is 11.6. The third-order valence-corrected chi connectivity index (χ3v) is 5.00. The highest BCUT2D eigenvalue weighted by molar-refractivity contribution is 7.99. The van der Waals surface area contributed by atoms with Crippen LogP contribution in [-0.2, 0) is 10.0 Å². The summed E-state index contributed by atoms with van der Waals surface area (Å²) in [7, 11) is -3.07. The quantitative estimate of drug-likeness (QED) is 0.606. The van der Waals surface area contributed by atoms with E-state index in [1.807, 2.05) is 13.2 Å². The van der Waals surface area contributed by atoms with Crippen molar-refractivity contribution in [3.05, 3.63) is 0 Å². The van der Waals surface area contributed by atoms with Gasteiger partial charge in [0.05, 0.1) is 5.75 Å². The van der Waals surface area contributed by atoms with Crippen molar-refractivity contribution in [2.24, 2.45) is 0 Å². The third kappa shape index (κ3) is 6.73. The van der Waals surface area contributed by atoms with Gasteiger partial charge in [-0.05, 0) is 32.1 Å². The van der Waals surface area contributed by atoms with Crippen molar-refractivity contribution in [2.75, 3.05) is 25.1 Å². The fourth-order valence-corrected chi connectivity index (χ4v) is 2.78. The molecule has 1 fully saturated rings. The van der Waals surface area contributed by atoms with Gasteiger partial charge in [-0.3, -0.25) is 0 Å². The minimum absolute atomic E-state index is 0.230. The summed E-state index contributed by atoms with van der Waals surface area (Å²) in [5, 5.41) is 3.64. The molecule has 0 bridgehead atoms. The Morgan fingerprint density at radius 2 is 2.12 bits per heavy atom. The average molecular weight is 266 g/mol. The summed E-state index contributed by atoms with van der Waals surface area (Å²) in [5.41, 5.74) is 0. The summed E-state index contributed by atoms with van der Waals surface area (Å²) in [4.78, 5) is 0. The topological polar surface area (TPSA) is 58.2 Å². The van der Waals surface area contributed by atoms with Gasteiger partial charge >= 0.3 is 0 Å². The Morgan fingerprint density at radius 3 is 2.69 bits per heavy atom. The highest BCUT2D eigenvalue weighted by atomic mass is 32.2. The Balaban J connectivity index is 2.07. The van der Waals surface area contributed by atoms with Crippen molar-refractivity contribution in [3.8, 4) is 0 Å². The molecule has 0 aliphatic heterocycles. The molecule has 2 N–H and O–H groups in total. The zero-order valence-corrected chi connectivity index (χ0v) is 11.7. The molecule has 0 aromatic carbocycles. The molecular formula is C10H22N2O2S2. The largest absolute Gasteiger partial charge is 0.314 e. The van der Waals surface area contributed by atoms with Crippen molar-refractivity contribution in [1.82, 2.24) is 10.0 Å². The molecule has 1 rings (SSSR count). The van der Waals surface area contributed by atoms with Crippen LogP contribution in [0.3, 0.4) is 0 Å². The highest BCUT2D eigenvalue weighted by Gasteiger charge is 2.20. The number of thioether (sulfide) groups is 1. The molecule has 0 radical (unpaired) electrons. The number of hydrogen-bond donors (Lipinski definition) is 2. The SMILES string of the molecule is CSC(C)CNS(=O)(=O)CCCNC1CC1. The number of sulfonamides is 1. The van der Waals surface area contributed by atoms with Crippen LogP contribution in [0, 0.1) is 0 Å². The number of nitrogens with one attached hydrogen (secondary N) is 2. The number of hydrogen-bond acceptors (Lipinski definition) is 4. The second kappa shape index (κ2) is 6.83. The van der Waals surface area contributed by atoms with Gasteiger partial charge in [0.1, 0.15) is 0 Å². The zero-order chi connectivity index (χ0) is 12.0. The summed E-state index contributed by atoms with van der Waals surface area (Å²) < 4.78 is 25.8. The van der Waals surface area contributed by atoms with E-state index in [0.29, 0.717) is 24.3 Å². The van der Waals surface area contributed by atoms with E-state index in [9.17, 15) is 8.42 Å². The second-order valence-corrected chi connectivity index (χ2v) is 7.50. The van der Waals surface area contributed by atoms with Crippen molar-refractivity contribution in [1.29, 1.82) is 0 Å². The smallest absolute Gasteiger partial charge is 0.211 e. The van der Waals surface area contributed by atoms with Crippen LogP contribution < -0.4 is 10.0 Å². The van der Waals surface area contributed by atoms with Crippen LogP contribution >= 0.6 is 11.8 Å². The summed E-state index contributed by atoms with van der Waals surface area (Å²) in [5.74, 6) is 0.230. The molecule has 0 saturated heterocycles. The highest BCUT2D eigenvalue weighted by Crippen LogP contribution is 2.18. The first-order chi connectivity index (χ1) is 7.53. The second-order valence-electron chi connectivity index (χ2n) is 4.30. The lowest BCUT2D eigenvalue weighted by atomic mass is 10.5. The van der Waals surface area contributed by atoms with Crippen LogP contribution in [0.4, 0.5) is 0 Å². The van der Waals surface area contributed by atoms with Crippen LogP contribution in [0.15, 0.2) is 0 Å². The van der Waals surface area contributed by atoms with Crippen LogP contribution in [0.25, 0.3) is 0 Å². The molecule has 1 unspecified atom stereocenters. The van der Waals surface area contributed by atoms with Gasteiger partial charge in [-0.25, -0.2) is 13.1 Å². The molecule has 1 saturated carbocycles. The average Bonchev–Trinajstić information content (AvgIpc) is 3.05. The molecule has 1 aliphatic carbocycles. The van der Waals surface area contributed by atoms with Crippen molar-refractivity contribution in [2.45, 2.75) is 37.5 Å². The standard InChI is InChI=1S/C10H22N2O2S2/c1-9(15-2)8-12-16(13,14)7-3-6-11-10-4-5-10/h9-12H,3-8H2,1-2H3.